The summed E-state index contributed by atoms with van der Waals surface area (Å²) in [5.41, 5.74) is 4.49. The van der Waals surface area contributed by atoms with Gasteiger partial charge in [-0.05, 0) is 34.9 Å². The van der Waals surface area contributed by atoms with Crippen molar-refractivity contribution in [2.75, 3.05) is 0 Å². The number of rotatable bonds is 4. The van der Waals surface area contributed by atoms with E-state index in [9.17, 15) is 0 Å². The van der Waals surface area contributed by atoms with Crippen LogP contribution in [-0.2, 0) is 6.61 Å². The summed E-state index contributed by atoms with van der Waals surface area (Å²) in [7, 11) is 0. The molecule has 0 unspecified atom stereocenters. The second-order valence-corrected chi connectivity index (χ2v) is 5.70. The lowest BCUT2D eigenvalue weighted by atomic mass is 10.0. The van der Waals surface area contributed by atoms with Crippen LogP contribution in [0.3, 0.4) is 0 Å². The van der Waals surface area contributed by atoms with Gasteiger partial charge in [0, 0.05) is 11.5 Å². The van der Waals surface area contributed by atoms with Crippen LogP contribution in [0.4, 0.5) is 0 Å². The first kappa shape index (κ1) is 14.5. The number of aromatic nitrogens is 1. The molecule has 1 aromatic heterocycles. The topological polar surface area (TPSA) is 22.1 Å². The molecule has 1 heterocycles. The van der Waals surface area contributed by atoms with Crippen LogP contribution >= 0.6 is 0 Å². The van der Waals surface area contributed by atoms with Gasteiger partial charge in [0.2, 0.25) is 5.88 Å². The van der Waals surface area contributed by atoms with E-state index in [2.05, 4.69) is 59.6 Å². The zero-order valence-corrected chi connectivity index (χ0v) is 13.2. The highest BCUT2D eigenvalue weighted by molar-refractivity contribution is 5.78. The SMILES string of the molecule is c1ccc(-c2cccc(COc3ccc4ccccc4n3)c2)cc1. The minimum absolute atomic E-state index is 0.506. The van der Waals surface area contributed by atoms with Gasteiger partial charge in [-0.1, -0.05) is 66.7 Å². The van der Waals surface area contributed by atoms with E-state index in [1.807, 2.05) is 36.4 Å². The van der Waals surface area contributed by atoms with Crippen LogP contribution in [0.1, 0.15) is 5.56 Å². The summed E-state index contributed by atoms with van der Waals surface area (Å²) in [6.45, 7) is 0.506. The highest BCUT2D eigenvalue weighted by Gasteiger charge is 2.02. The van der Waals surface area contributed by atoms with Crippen molar-refractivity contribution < 1.29 is 4.74 Å². The molecular weight excluding hydrogens is 294 g/mol. The second-order valence-electron chi connectivity index (χ2n) is 5.70. The largest absolute Gasteiger partial charge is 0.473 e. The molecule has 0 aliphatic carbocycles. The van der Waals surface area contributed by atoms with Gasteiger partial charge in [-0.2, -0.15) is 0 Å². The molecule has 24 heavy (non-hydrogen) atoms. The van der Waals surface area contributed by atoms with E-state index in [1.54, 1.807) is 0 Å². The maximum absolute atomic E-state index is 5.88. The fourth-order valence-corrected chi connectivity index (χ4v) is 2.76. The molecule has 0 fully saturated rings. The quantitative estimate of drug-likeness (QED) is 0.498. The average molecular weight is 311 g/mol. The maximum Gasteiger partial charge on any atom is 0.214 e. The van der Waals surface area contributed by atoms with Crippen molar-refractivity contribution in [2.24, 2.45) is 0 Å². The Morgan fingerprint density at radius 3 is 2.38 bits per heavy atom. The minimum Gasteiger partial charge on any atom is -0.473 e. The van der Waals surface area contributed by atoms with Crippen LogP contribution in [0.2, 0.25) is 0 Å². The first-order valence-corrected chi connectivity index (χ1v) is 8.01. The Hall–Kier alpha value is -3.13. The molecule has 0 amide bonds. The molecule has 2 nitrogen and oxygen atoms in total. The lowest BCUT2D eigenvalue weighted by Gasteiger charge is -2.08. The Morgan fingerprint density at radius 1 is 0.667 bits per heavy atom. The van der Waals surface area contributed by atoms with Gasteiger partial charge in [-0.3, -0.25) is 0 Å². The summed E-state index contributed by atoms with van der Waals surface area (Å²) < 4.78 is 5.88. The second kappa shape index (κ2) is 6.55. The molecule has 4 rings (SSSR count). The third kappa shape index (κ3) is 3.13. The Morgan fingerprint density at radius 2 is 1.46 bits per heavy atom. The van der Waals surface area contributed by atoms with Crippen molar-refractivity contribution in [3.05, 3.63) is 96.6 Å². The Balaban J connectivity index is 1.53. The van der Waals surface area contributed by atoms with Gasteiger partial charge in [0.25, 0.3) is 0 Å². The molecular formula is C22H17NO. The number of fused-ring (bicyclic) bond motifs is 1. The van der Waals surface area contributed by atoms with E-state index in [4.69, 9.17) is 4.74 Å². The molecule has 4 aromatic rings. The fraction of sp³-hybridized carbons (Fsp3) is 0.0455. The number of hydrogen-bond donors (Lipinski definition) is 0. The normalized spacial score (nSPS) is 10.7. The molecule has 0 bridgehead atoms. The molecule has 2 heteroatoms. The van der Waals surface area contributed by atoms with E-state index in [1.165, 1.54) is 11.1 Å². The summed E-state index contributed by atoms with van der Waals surface area (Å²) in [5.74, 6) is 0.652. The number of para-hydroxylation sites is 1. The zero-order chi connectivity index (χ0) is 16.2. The summed E-state index contributed by atoms with van der Waals surface area (Å²) >= 11 is 0. The smallest absolute Gasteiger partial charge is 0.214 e. The number of nitrogens with zero attached hydrogens (tertiary/aromatic N) is 1. The molecule has 0 saturated heterocycles. The van der Waals surface area contributed by atoms with Crippen LogP contribution in [-0.4, -0.2) is 4.98 Å². The number of hydrogen-bond acceptors (Lipinski definition) is 2. The van der Waals surface area contributed by atoms with E-state index in [0.717, 1.165) is 16.5 Å². The standard InChI is InChI=1S/C22H17NO/c1-2-8-18(9-3-1)20-11-6-7-17(15-20)16-24-22-14-13-19-10-4-5-12-21(19)23-22/h1-15H,16H2. The van der Waals surface area contributed by atoms with Crippen molar-refractivity contribution in [3.63, 3.8) is 0 Å². The summed E-state index contributed by atoms with van der Waals surface area (Å²) in [6.07, 6.45) is 0. The van der Waals surface area contributed by atoms with E-state index in [-0.39, 0.29) is 0 Å². The molecule has 116 valence electrons. The molecule has 0 atom stereocenters. The van der Waals surface area contributed by atoms with Crippen LogP contribution in [0.5, 0.6) is 5.88 Å². The highest BCUT2D eigenvalue weighted by atomic mass is 16.5. The van der Waals surface area contributed by atoms with Gasteiger partial charge < -0.3 is 4.74 Å². The lowest BCUT2D eigenvalue weighted by molar-refractivity contribution is 0.295. The van der Waals surface area contributed by atoms with Crippen LogP contribution in [0.15, 0.2) is 91.0 Å². The predicted octanol–water partition coefficient (Wildman–Crippen LogP) is 5.48. The van der Waals surface area contributed by atoms with Gasteiger partial charge in [0.1, 0.15) is 6.61 Å². The van der Waals surface area contributed by atoms with E-state index in [0.29, 0.717) is 12.5 Å². The van der Waals surface area contributed by atoms with Gasteiger partial charge in [-0.25, -0.2) is 4.98 Å². The van der Waals surface area contributed by atoms with Crippen LogP contribution in [0.25, 0.3) is 22.0 Å². The number of ether oxygens (including phenoxy) is 1. The molecule has 0 aliphatic rings. The Bertz CT molecular complexity index is 963. The van der Waals surface area contributed by atoms with Crippen LogP contribution in [0, 0.1) is 0 Å². The monoisotopic (exact) mass is 311 g/mol. The van der Waals surface area contributed by atoms with Gasteiger partial charge >= 0.3 is 0 Å². The highest BCUT2D eigenvalue weighted by Crippen LogP contribution is 2.21. The average Bonchev–Trinajstić information content (AvgIpc) is 2.67. The van der Waals surface area contributed by atoms with Gasteiger partial charge in [0.05, 0.1) is 5.52 Å². The van der Waals surface area contributed by atoms with Crippen molar-refractivity contribution in [3.8, 4) is 17.0 Å². The molecule has 0 saturated carbocycles. The van der Waals surface area contributed by atoms with E-state index >= 15 is 0 Å². The summed E-state index contributed by atoms with van der Waals surface area (Å²) in [4.78, 5) is 4.55. The summed E-state index contributed by atoms with van der Waals surface area (Å²) in [5, 5.41) is 1.12. The summed E-state index contributed by atoms with van der Waals surface area (Å²) in [6, 6.07) is 30.8. The van der Waals surface area contributed by atoms with Gasteiger partial charge in [-0.15, -0.1) is 0 Å². The first-order valence-electron chi connectivity index (χ1n) is 8.01. The third-order valence-corrected chi connectivity index (χ3v) is 3.99. The molecule has 0 spiro atoms. The predicted molar refractivity (Wildman–Crippen MR) is 98.0 cm³/mol. The third-order valence-electron chi connectivity index (χ3n) is 3.99. The van der Waals surface area contributed by atoms with Crippen molar-refractivity contribution in [1.29, 1.82) is 0 Å². The van der Waals surface area contributed by atoms with Crippen molar-refractivity contribution in [1.82, 2.24) is 4.98 Å². The number of benzene rings is 3. The maximum atomic E-state index is 5.88. The van der Waals surface area contributed by atoms with Crippen molar-refractivity contribution >= 4 is 10.9 Å². The molecule has 0 aliphatic heterocycles. The molecule has 0 radical (unpaired) electrons. The van der Waals surface area contributed by atoms with Gasteiger partial charge in [0.15, 0.2) is 0 Å². The Kier molecular flexibility index (Phi) is 3.95. The first-order chi connectivity index (χ1) is 11.9. The molecule has 0 N–H and O–H groups in total. The van der Waals surface area contributed by atoms with Crippen LogP contribution < -0.4 is 4.74 Å². The fourth-order valence-electron chi connectivity index (χ4n) is 2.76. The van der Waals surface area contributed by atoms with Crippen molar-refractivity contribution in [2.45, 2.75) is 6.61 Å². The molecule has 3 aromatic carbocycles. The zero-order valence-electron chi connectivity index (χ0n) is 13.2. The lowest BCUT2D eigenvalue weighted by Crippen LogP contribution is -1.97. The number of pyridine rings is 1. The minimum atomic E-state index is 0.506. The van der Waals surface area contributed by atoms with E-state index < -0.39 is 0 Å². The Labute approximate surface area is 141 Å².